The summed E-state index contributed by atoms with van der Waals surface area (Å²) in [4.78, 5) is 34.4. The Morgan fingerprint density at radius 2 is 2.16 bits per heavy atom. The molecule has 1 saturated heterocycles. The number of H-pyrrole nitrogens is 1. The smallest absolute Gasteiger partial charge is 0.280 e. The highest BCUT2D eigenvalue weighted by atomic mass is 16.6. The molecule has 11 nitrogen and oxygen atoms in total. The second-order valence-corrected chi connectivity index (χ2v) is 6.11. The molecule has 3 heterocycles. The third-order valence-corrected chi connectivity index (χ3v) is 3.99. The minimum Gasteiger partial charge on any atom is -0.394 e. The molecule has 1 aliphatic heterocycles. The van der Waals surface area contributed by atoms with Crippen molar-refractivity contribution in [3.05, 3.63) is 16.7 Å². The molecule has 1 aliphatic rings. The van der Waals surface area contributed by atoms with Gasteiger partial charge < -0.3 is 20.1 Å². The van der Waals surface area contributed by atoms with Gasteiger partial charge in [-0.3, -0.25) is 24.5 Å². The number of anilines is 1. The number of aromatic amines is 1. The van der Waals surface area contributed by atoms with Gasteiger partial charge in [0.05, 0.1) is 12.9 Å². The lowest BCUT2D eigenvalue weighted by Gasteiger charge is -2.16. The van der Waals surface area contributed by atoms with E-state index in [0.717, 1.165) is 0 Å². The Hall–Kier alpha value is -2.34. The van der Waals surface area contributed by atoms with Crippen molar-refractivity contribution in [3.8, 4) is 0 Å². The van der Waals surface area contributed by atoms with Crippen molar-refractivity contribution in [3.63, 3.8) is 0 Å². The van der Waals surface area contributed by atoms with E-state index in [0.29, 0.717) is 0 Å². The minimum absolute atomic E-state index is 0.0136. The number of carbonyl (C=O) groups excluding carboxylic acids is 1. The Labute approximate surface area is 141 Å². The maximum absolute atomic E-state index is 12.1. The molecule has 25 heavy (non-hydrogen) atoms. The number of hydrogen-bond donors (Lipinski definition) is 5. The van der Waals surface area contributed by atoms with Gasteiger partial charge in [-0.25, -0.2) is 4.98 Å². The van der Waals surface area contributed by atoms with Crippen LogP contribution in [0.5, 0.6) is 0 Å². The molecule has 11 heteroatoms. The van der Waals surface area contributed by atoms with Crippen molar-refractivity contribution >= 4 is 23.0 Å². The largest absolute Gasteiger partial charge is 0.394 e. The Morgan fingerprint density at radius 3 is 2.76 bits per heavy atom. The number of hydrogen-bond acceptors (Lipinski definition) is 8. The van der Waals surface area contributed by atoms with Gasteiger partial charge in [0.1, 0.15) is 18.3 Å². The Bertz CT molecular complexity index is 846. The highest BCUT2D eigenvalue weighted by Gasteiger charge is 2.44. The van der Waals surface area contributed by atoms with Gasteiger partial charge in [-0.1, -0.05) is 13.8 Å². The van der Waals surface area contributed by atoms with Gasteiger partial charge >= 0.3 is 0 Å². The molecule has 0 spiro atoms. The molecule has 1 unspecified atom stereocenters. The number of nitrogens with zero attached hydrogens (tertiary/aromatic N) is 3. The van der Waals surface area contributed by atoms with E-state index in [1.165, 1.54) is 10.9 Å². The molecule has 1 fully saturated rings. The van der Waals surface area contributed by atoms with Crippen molar-refractivity contribution in [1.29, 1.82) is 0 Å². The summed E-state index contributed by atoms with van der Waals surface area (Å²) in [5.74, 6) is -0.711. The van der Waals surface area contributed by atoms with Crippen molar-refractivity contribution < 1.29 is 24.9 Å². The molecule has 1 amide bonds. The molecule has 0 radical (unpaired) electrons. The van der Waals surface area contributed by atoms with E-state index in [9.17, 15) is 24.9 Å². The molecule has 0 bridgehead atoms. The predicted octanol–water partition coefficient (Wildman–Crippen LogP) is -1.67. The summed E-state index contributed by atoms with van der Waals surface area (Å²) in [7, 11) is 0. The van der Waals surface area contributed by atoms with E-state index in [1.54, 1.807) is 13.8 Å². The molecule has 136 valence electrons. The standard InChI is InChI=1S/C14H19N5O6/c1-5(2)11(23)17-14-16-10-7(12(24)18-14)15-4-19(10)13-9(22)8(21)6(3-20)25-13/h4-6,8-9,13,20-22H,3H2,1-2H3,(H2,16,17,18,23,24)/t6?,8-,9-,13-/m1/s1. The van der Waals surface area contributed by atoms with Crippen LogP contribution in [0.2, 0.25) is 0 Å². The maximum Gasteiger partial charge on any atom is 0.280 e. The van der Waals surface area contributed by atoms with Crippen LogP contribution in [0, 0.1) is 5.92 Å². The number of fused-ring (bicyclic) bond motifs is 1. The van der Waals surface area contributed by atoms with Crippen molar-refractivity contribution in [2.75, 3.05) is 11.9 Å². The number of aromatic nitrogens is 4. The summed E-state index contributed by atoms with van der Waals surface area (Å²) in [5, 5.41) is 31.7. The van der Waals surface area contributed by atoms with Crippen molar-refractivity contribution in [1.82, 2.24) is 19.5 Å². The van der Waals surface area contributed by atoms with E-state index in [-0.39, 0.29) is 28.9 Å². The first-order chi connectivity index (χ1) is 11.8. The van der Waals surface area contributed by atoms with Gasteiger partial charge in [0.15, 0.2) is 17.4 Å². The fraction of sp³-hybridized carbons (Fsp3) is 0.571. The molecule has 5 N–H and O–H groups in total. The molecule has 3 rings (SSSR count). The molecule has 4 atom stereocenters. The average molecular weight is 353 g/mol. The van der Waals surface area contributed by atoms with Gasteiger partial charge in [-0.05, 0) is 0 Å². The molecule has 2 aromatic rings. The summed E-state index contributed by atoms with van der Waals surface area (Å²) in [6.45, 7) is 2.90. The zero-order valence-electron chi connectivity index (χ0n) is 13.6. The first-order valence-corrected chi connectivity index (χ1v) is 7.73. The second kappa shape index (κ2) is 6.52. The van der Waals surface area contributed by atoms with E-state index in [1.807, 2.05) is 0 Å². The molecule has 0 aromatic carbocycles. The minimum atomic E-state index is -1.34. The number of rotatable bonds is 4. The Kier molecular flexibility index (Phi) is 4.56. The van der Waals surface area contributed by atoms with Crippen LogP contribution in [0.1, 0.15) is 20.1 Å². The third-order valence-electron chi connectivity index (χ3n) is 3.99. The van der Waals surface area contributed by atoms with Crippen molar-refractivity contribution in [2.24, 2.45) is 5.92 Å². The predicted molar refractivity (Wildman–Crippen MR) is 84.6 cm³/mol. The topological polar surface area (TPSA) is 163 Å². The number of carbonyl (C=O) groups is 1. The highest BCUT2D eigenvalue weighted by molar-refractivity contribution is 5.91. The molecular weight excluding hydrogens is 334 g/mol. The lowest BCUT2D eigenvalue weighted by atomic mass is 10.1. The number of aliphatic hydroxyl groups is 3. The van der Waals surface area contributed by atoms with E-state index in [4.69, 9.17) is 4.74 Å². The number of ether oxygens (including phenoxy) is 1. The molecule has 0 saturated carbocycles. The van der Waals surface area contributed by atoms with Crippen LogP contribution >= 0.6 is 0 Å². The van der Waals surface area contributed by atoms with Crippen molar-refractivity contribution in [2.45, 2.75) is 38.4 Å². The summed E-state index contributed by atoms with van der Waals surface area (Å²) in [5.41, 5.74) is -0.521. The first kappa shape index (κ1) is 17.5. The third kappa shape index (κ3) is 3.02. The van der Waals surface area contributed by atoms with Crippen LogP contribution in [0.4, 0.5) is 5.95 Å². The number of nitrogens with one attached hydrogen (secondary N) is 2. The van der Waals surface area contributed by atoms with Crippen LogP contribution in [0.3, 0.4) is 0 Å². The maximum atomic E-state index is 12.1. The highest BCUT2D eigenvalue weighted by Crippen LogP contribution is 2.30. The number of aliphatic hydroxyl groups excluding tert-OH is 3. The molecule has 2 aromatic heterocycles. The van der Waals surface area contributed by atoms with Gasteiger partial charge in [-0.2, -0.15) is 4.98 Å². The fourth-order valence-corrected chi connectivity index (χ4v) is 2.54. The summed E-state index contributed by atoms with van der Waals surface area (Å²) >= 11 is 0. The lowest BCUT2D eigenvalue weighted by molar-refractivity contribution is -0.118. The van der Waals surface area contributed by atoms with Crippen LogP contribution in [0.25, 0.3) is 11.2 Å². The van der Waals surface area contributed by atoms with Gasteiger partial charge in [-0.15, -0.1) is 0 Å². The van der Waals surface area contributed by atoms with E-state index in [2.05, 4.69) is 20.3 Å². The van der Waals surface area contributed by atoms with E-state index < -0.39 is 36.7 Å². The summed E-state index contributed by atoms with van der Waals surface area (Å²) in [6, 6.07) is 0. The van der Waals surface area contributed by atoms with Crippen LogP contribution in [-0.4, -0.2) is 65.7 Å². The van der Waals surface area contributed by atoms with E-state index >= 15 is 0 Å². The quantitative estimate of drug-likeness (QED) is 0.435. The lowest BCUT2D eigenvalue weighted by Crippen LogP contribution is -2.33. The van der Waals surface area contributed by atoms with Crippen LogP contribution in [0.15, 0.2) is 11.1 Å². The zero-order valence-corrected chi connectivity index (χ0v) is 13.6. The number of amides is 1. The fourth-order valence-electron chi connectivity index (χ4n) is 2.54. The van der Waals surface area contributed by atoms with Crippen LogP contribution < -0.4 is 10.9 Å². The monoisotopic (exact) mass is 353 g/mol. The van der Waals surface area contributed by atoms with Gasteiger partial charge in [0.25, 0.3) is 5.56 Å². The first-order valence-electron chi connectivity index (χ1n) is 7.73. The Balaban J connectivity index is 2.01. The summed E-state index contributed by atoms with van der Waals surface area (Å²) in [6.07, 6.45) is -3.46. The zero-order chi connectivity index (χ0) is 18.3. The second-order valence-electron chi connectivity index (χ2n) is 6.11. The molecular formula is C14H19N5O6. The average Bonchev–Trinajstić information content (AvgIpc) is 3.10. The van der Waals surface area contributed by atoms with Gasteiger partial charge in [0.2, 0.25) is 11.9 Å². The van der Waals surface area contributed by atoms with Gasteiger partial charge in [0, 0.05) is 5.92 Å². The SMILES string of the molecule is CC(C)C(=O)Nc1nc2c(ncn2[C@@H]2OC(CO)[C@@H](O)[C@H]2O)c(=O)[nH]1. The van der Waals surface area contributed by atoms with Crippen LogP contribution in [-0.2, 0) is 9.53 Å². The Morgan fingerprint density at radius 1 is 1.44 bits per heavy atom. The normalized spacial score (nSPS) is 26.5. The number of imidazole rings is 1. The summed E-state index contributed by atoms with van der Waals surface area (Å²) < 4.78 is 6.70. The molecule has 0 aliphatic carbocycles.